The molecule has 30 heavy (non-hydrogen) atoms. The highest BCUT2D eigenvalue weighted by Gasteiger charge is 2.24. The van der Waals surface area contributed by atoms with Gasteiger partial charge in [-0.3, -0.25) is 9.69 Å². The second-order valence-electron chi connectivity index (χ2n) is 7.13. The number of halogens is 1. The number of benzene rings is 2. The van der Waals surface area contributed by atoms with Gasteiger partial charge in [-0.1, -0.05) is 42.8 Å². The van der Waals surface area contributed by atoms with E-state index in [2.05, 4.69) is 17.2 Å². The summed E-state index contributed by atoms with van der Waals surface area (Å²) in [4.78, 5) is 23.2. The topological polar surface area (TPSA) is 36.4 Å². The fourth-order valence-electron chi connectivity index (χ4n) is 3.53. The number of thioether (sulfide) groups is 1. The van der Waals surface area contributed by atoms with Crippen LogP contribution in [0.4, 0.5) is 0 Å². The number of carbonyl (C=O) groups is 1. The number of thiazole rings is 1. The van der Waals surface area contributed by atoms with Gasteiger partial charge in [-0.25, -0.2) is 4.98 Å². The molecule has 2 heterocycles. The number of amides is 1. The molecule has 0 N–H and O–H groups in total. The predicted molar refractivity (Wildman–Crippen MR) is 127 cm³/mol. The van der Waals surface area contributed by atoms with Crippen LogP contribution < -0.4 is 0 Å². The van der Waals surface area contributed by atoms with Crippen molar-refractivity contribution in [3.05, 3.63) is 69.5 Å². The monoisotopic (exact) mass is 457 g/mol. The summed E-state index contributed by atoms with van der Waals surface area (Å²) in [5.74, 6) is 1.11. The lowest BCUT2D eigenvalue weighted by atomic mass is 10.2. The van der Waals surface area contributed by atoms with Crippen molar-refractivity contribution in [1.29, 1.82) is 0 Å². The highest BCUT2D eigenvalue weighted by Crippen LogP contribution is 2.26. The molecule has 0 unspecified atom stereocenters. The van der Waals surface area contributed by atoms with E-state index in [1.807, 2.05) is 53.4 Å². The van der Waals surface area contributed by atoms with Crippen molar-refractivity contribution in [1.82, 2.24) is 14.8 Å². The van der Waals surface area contributed by atoms with Crippen molar-refractivity contribution in [3.8, 4) is 11.3 Å². The van der Waals surface area contributed by atoms with Crippen LogP contribution in [0.15, 0.2) is 58.8 Å². The van der Waals surface area contributed by atoms with Gasteiger partial charge >= 0.3 is 0 Å². The average molecular weight is 458 g/mol. The minimum absolute atomic E-state index is 0.144. The van der Waals surface area contributed by atoms with Gasteiger partial charge < -0.3 is 4.90 Å². The molecule has 4 nitrogen and oxygen atoms in total. The number of hydrogen-bond acceptors (Lipinski definition) is 5. The van der Waals surface area contributed by atoms with Crippen LogP contribution in [0, 0.1) is 0 Å². The number of piperazine rings is 1. The molecule has 1 aliphatic heterocycles. The Morgan fingerprint density at radius 2 is 1.83 bits per heavy atom. The average Bonchev–Trinajstić information content (AvgIpc) is 3.23. The normalized spacial score (nSPS) is 14.8. The number of aromatic nitrogens is 1. The summed E-state index contributed by atoms with van der Waals surface area (Å²) in [6.07, 6.45) is 0. The summed E-state index contributed by atoms with van der Waals surface area (Å²) in [5.41, 5.74) is 2.90. The van der Waals surface area contributed by atoms with Crippen LogP contribution >= 0.6 is 34.7 Å². The van der Waals surface area contributed by atoms with Gasteiger partial charge in [0.2, 0.25) is 0 Å². The zero-order chi connectivity index (χ0) is 20.9. The zero-order valence-electron chi connectivity index (χ0n) is 16.9. The van der Waals surface area contributed by atoms with Crippen LogP contribution in [0.2, 0.25) is 5.02 Å². The van der Waals surface area contributed by atoms with Crippen LogP contribution in [-0.4, -0.2) is 52.6 Å². The van der Waals surface area contributed by atoms with Gasteiger partial charge in [-0.2, -0.15) is 0 Å². The Hall–Kier alpha value is -1.86. The van der Waals surface area contributed by atoms with Crippen molar-refractivity contribution in [2.75, 3.05) is 31.9 Å². The lowest BCUT2D eigenvalue weighted by molar-refractivity contribution is 0.0625. The second kappa shape index (κ2) is 9.96. The predicted octanol–water partition coefficient (Wildman–Crippen LogP) is 5.53. The van der Waals surface area contributed by atoms with Gasteiger partial charge in [0, 0.05) is 47.0 Å². The number of nitrogens with zero attached hydrogens (tertiary/aromatic N) is 3. The summed E-state index contributed by atoms with van der Waals surface area (Å²) in [5, 5.41) is 3.93. The van der Waals surface area contributed by atoms with Crippen LogP contribution in [0.1, 0.15) is 22.3 Å². The minimum atomic E-state index is 0.144. The van der Waals surface area contributed by atoms with Gasteiger partial charge in [0.1, 0.15) is 5.01 Å². The summed E-state index contributed by atoms with van der Waals surface area (Å²) in [6.45, 7) is 6.17. The molecule has 1 aromatic heterocycles. The first-order chi connectivity index (χ1) is 14.6. The largest absolute Gasteiger partial charge is 0.336 e. The second-order valence-corrected chi connectivity index (χ2v) is 9.82. The van der Waals surface area contributed by atoms with E-state index in [-0.39, 0.29) is 5.91 Å². The fraction of sp³-hybridized carbons (Fsp3) is 0.304. The summed E-state index contributed by atoms with van der Waals surface area (Å²) >= 11 is 9.39. The Morgan fingerprint density at radius 3 is 2.57 bits per heavy atom. The van der Waals surface area contributed by atoms with Gasteiger partial charge in [0.05, 0.1) is 17.8 Å². The third kappa shape index (κ3) is 5.06. The Kier molecular flexibility index (Phi) is 7.10. The molecule has 1 fully saturated rings. The quantitative estimate of drug-likeness (QED) is 0.456. The van der Waals surface area contributed by atoms with Crippen molar-refractivity contribution in [2.45, 2.75) is 18.4 Å². The molecule has 0 aliphatic carbocycles. The number of carbonyl (C=O) groups excluding carboxylic acids is 1. The van der Waals surface area contributed by atoms with E-state index in [1.54, 1.807) is 23.1 Å². The highest BCUT2D eigenvalue weighted by atomic mass is 35.5. The molecule has 7 heteroatoms. The molecule has 1 saturated heterocycles. The summed E-state index contributed by atoms with van der Waals surface area (Å²) in [6, 6.07) is 15.7. The Labute approximate surface area is 190 Å². The molecule has 156 valence electrons. The van der Waals surface area contributed by atoms with Gasteiger partial charge in [0.15, 0.2) is 0 Å². The molecule has 0 saturated carbocycles. The molecular weight excluding hydrogens is 434 g/mol. The number of hydrogen-bond donors (Lipinski definition) is 0. The standard InChI is InChI=1S/C23H24ClN3OS2/c1-2-29-21-6-4-3-5-19(21)23(28)27-13-11-26(12-14-27)15-22-25-20(16-30-22)17-7-9-18(24)10-8-17/h3-10,16H,2,11-15H2,1H3. The Morgan fingerprint density at radius 1 is 1.10 bits per heavy atom. The van der Waals surface area contributed by atoms with E-state index < -0.39 is 0 Å². The summed E-state index contributed by atoms with van der Waals surface area (Å²) < 4.78 is 0. The molecule has 4 rings (SSSR count). The van der Waals surface area contributed by atoms with Gasteiger partial charge in [-0.05, 0) is 30.0 Å². The van der Waals surface area contributed by atoms with Crippen LogP contribution in [0.3, 0.4) is 0 Å². The van der Waals surface area contributed by atoms with Crippen LogP contribution in [0.25, 0.3) is 11.3 Å². The first-order valence-electron chi connectivity index (χ1n) is 10.1. The molecule has 0 atom stereocenters. The van der Waals surface area contributed by atoms with Crippen molar-refractivity contribution < 1.29 is 4.79 Å². The van der Waals surface area contributed by atoms with E-state index in [4.69, 9.17) is 16.6 Å². The highest BCUT2D eigenvalue weighted by molar-refractivity contribution is 7.99. The molecule has 3 aromatic rings. The van der Waals surface area contributed by atoms with Crippen LogP contribution in [-0.2, 0) is 6.54 Å². The summed E-state index contributed by atoms with van der Waals surface area (Å²) in [7, 11) is 0. The van der Waals surface area contributed by atoms with E-state index in [9.17, 15) is 4.79 Å². The SMILES string of the molecule is CCSc1ccccc1C(=O)N1CCN(Cc2nc(-c3ccc(Cl)cc3)cs2)CC1. The molecule has 0 bridgehead atoms. The van der Waals surface area contributed by atoms with E-state index in [0.29, 0.717) is 0 Å². The lowest BCUT2D eigenvalue weighted by Crippen LogP contribution is -2.48. The lowest BCUT2D eigenvalue weighted by Gasteiger charge is -2.34. The zero-order valence-corrected chi connectivity index (χ0v) is 19.3. The maximum Gasteiger partial charge on any atom is 0.255 e. The maximum atomic E-state index is 13.0. The van der Waals surface area contributed by atoms with E-state index in [1.165, 1.54) is 0 Å². The number of rotatable bonds is 6. The first-order valence-corrected chi connectivity index (χ1v) is 12.3. The third-order valence-corrected chi connectivity index (χ3v) is 7.17. The van der Waals surface area contributed by atoms with Gasteiger partial charge in [-0.15, -0.1) is 23.1 Å². The Bertz CT molecular complexity index is 998. The molecule has 2 aromatic carbocycles. The Balaban J connectivity index is 1.34. The van der Waals surface area contributed by atoms with Crippen molar-refractivity contribution >= 4 is 40.6 Å². The maximum absolute atomic E-state index is 13.0. The van der Waals surface area contributed by atoms with Crippen LogP contribution in [0.5, 0.6) is 0 Å². The molecule has 0 spiro atoms. The van der Waals surface area contributed by atoms with Crippen molar-refractivity contribution in [3.63, 3.8) is 0 Å². The smallest absolute Gasteiger partial charge is 0.255 e. The molecule has 1 aliphatic rings. The van der Waals surface area contributed by atoms with Crippen molar-refractivity contribution in [2.24, 2.45) is 0 Å². The van der Waals surface area contributed by atoms with E-state index in [0.717, 1.165) is 70.2 Å². The molecule has 1 amide bonds. The van der Waals surface area contributed by atoms with E-state index >= 15 is 0 Å². The minimum Gasteiger partial charge on any atom is -0.336 e. The van der Waals surface area contributed by atoms with Gasteiger partial charge in [0.25, 0.3) is 5.91 Å². The molecular formula is C23H24ClN3OS2. The fourth-order valence-corrected chi connectivity index (χ4v) is 5.30. The third-order valence-electron chi connectivity index (χ3n) is 5.13. The molecule has 0 radical (unpaired) electrons. The first kappa shape index (κ1) is 21.4.